The van der Waals surface area contributed by atoms with E-state index >= 15 is 0 Å². The third-order valence-corrected chi connectivity index (χ3v) is 7.73. The number of sulfonamides is 1. The summed E-state index contributed by atoms with van der Waals surface area (Å²) >= 11 is 6.09. The van der Waals surface area contributed by atoms with Crippen LogP contribution in [0.25, 0.3) is 16.9 Å². The van der Waals surface area contributed by atoms with Crippen molar-refractivity contribution in [3.63, 3.8) is 0 Å². The maximum atomic E-state index is 13.5. The molecule has 0 atom stereocenters. The minimum Gasteiger partial charge on any atom is -0.507 e. The molecule has 0 amide bonds. The molecule has 182 valence electrons. The highest BCUT2D eigenvalue weighted by Gasteiger charge is 2.28. The molecule has 4 aromatic rings. The number of halogens is 1. The second-order valence-corrected chi connectivity index (χ2v) is 10.4. The number of nitrogens with zero attached hydrogens (tertiary/aromatic N) is 3. The van der Waals surface area contributed by atoms with Gasteiger partial charge in [-0.3, -0.25) is 0 Å². The van der Waals surface area contributed by atoms with Gasteiger partial charge in [0.25, 0.3) is 0 Å². The highest BCUT2D eigenvalue weighted by molar-refractivity contribution is 7.89. The lowest BCUT2D eigenvalue weighted by molar-refractivity contribution is 0.396. The molecule has 0 fully saturated rings. The van der Waals surface area contributed by atoms with Gasteiger partial charge in [0.2, 0.25) is 10.0 Å². The highest BCUT2D eigenvalue weighted by Crippen LogP contribution is 2.39. The molecule has 0 bridgehead atoms. The van der Waals surface area contributed by atoms with Crippen molar-refractivity contribution >= 4 is 21.6 Å². The van der Waals surface area contributed by atoms with Gasteiger partial charge in [-0.15, -0.1) is 0 Å². The van der Waals surface area contributed by atoms with E-state index in [1.807, 2.05) is 31.2 Å². The van der Waals surface area contributed by atoms with Crippen LogP contribution in [-0.2, 0) is 16.6 Å². The van der Waals surface area contributed by atoms with E-state index in [9.17, 15) is 18.6 Å². The predicted octanol–water partition coefficient (Wildman–Crippen LogP) is 4.74. The van der Waals surface area contributed by atoms with E-state index in [0.29, 0.717) is 22.0 Å². The molecule has 8 nitrogen and oxygen atoms in total. The Morgan fingerprint density at radius 3 is 2.51 bits per heavy atom. The van der Waals surface area contributed by atoms with E-state index in [2.05, 4.69) is 5.10 Å². The second kappa shape index (κ2) is 9.61. The van der Waals surface area contributed by atoms with Crippen LogP contribution in [0.3, 0.4) is 0 Å². The number of benzene rings is 3. The van der Waals surface area contributed by atoms with E-state index in [1.54, 1.807) is 35.1 Å². The molecule has 0 spiro atoms. The predicted molar refractivity (Wildman–Crippen MR) is 134 cm³/mol. The van der Waals surface area contributed by atoms with Crippen molar-refractivity contribution in [3.05, 3.63) is 83.0 Å². The van der Waals surface area contributed by atoms with Crippen LogP contribution in [-0.4, -0.2) is 46.9 Å². The molecular weight excluding hydrogens is 490 g/mol. The lowest BCUT2D eigenvalue weighted by Gasteiger charge is -2.20. The third-order valence-electron chi connectivity index (χ3n) is 5.66. The number of phenolic OH excluding ortho intramolecular Hbond substituents is 2. The van der Waals surface area contributed by atoms with Gasteiger partial charge in [-0.1, -0.05) is 29.8 Å². The SMILES string of the molecule is COc1ccc(Cl)cc1CN(C)S(=O)(=O)c1cc(-c2ccnn2-c2ccccc2C)c(O)cc1O. The molecule has 0 saturated carbocycles. The summed E-state index contributed by atoms with van der Waals surface area (Å²) in [7, 11) is -1.31. The number of aryl methyl sites for hydroxylation is 1. The van der Waals surface area contributed by atoms with E-state index in [4.69, 9.17) is 16.3 Å². The number of ether oxygens (including phenoxy) is 1. The molecule has 0 unspecified atom stereocenters. The van der Waals surface area contributed by atoms with Gasteiger partial charge in [0.05, 0.1) is 24.7 Å². The van der Waals surface area contributed by atoms with Crippen LogP contribution < -0.4 is 4.74 Å². The first-order valence-corrected chi connectivity index (χ1v) is 12.4. The molecule has 1 heterocycles. The zero-order valence-corrected chi connectivity index (χ0v) is 20.9. The van der Waals surface area contributed by atoms with Crippen LogP contribution in [0.15, 0.2) is 71.8 Å². The number of hydrogen-bond acceptors (Lipinski definition) is 6. The van der Waals surface area contributed by atoms with E-state index in [0.717, 1.165) is 21.6 Å². The summed E-state index contributed by atoms with van der Waals surface area (Å²) in [5.74, 6) is -0.372. The highest BCUT2D eigenvalue weighted by atomic mass is 35.5. The van der Waals surface area contributed by atoms with Crippen LogP contribution in [0.4, 0.5) is 0 Å². The number of aromatic hydroxyl groups is 2. The first kappa shape index (κ1) is 24.6. The Morgan fingerprint density at radius 1 is 1.06 bits per heavy atom. The summed E-state index contributed by atoms with van der Waals surface area (Å²) in [5.41, 5.74) is 2.94. The summed E-state index contributed by atoms with van der Waals surface area (Å²) in [6.45, 7) is 1.87. The van der Waals surface area contributed by atoms with Crippen LogP contribution in [0.1, 0.15) is 11.1 Å². The standard InChI is InChI=1S/C25H24ClN3O5S/c1-16-6-4-5-7-20(16)29-21(10-11-27-29)19-13-25(23(31)14-22(19)30)35(32,33)28(2)15-17-12-18(26)8-9-24(17)34-3/h4-14,30-31H,15H2,1-3H3. The zero-order valence-electron chi connectivity index (χ0n) is 19.3. The Bertz CT molecular complexity index is 1500. The molecule has 0 aliphatic heterocycles. The van der Waals surface area contributed by atoms with E-state index in [-0.39, 0.29) is 22.8 Å². The lowest BCUT2D eigenvalue weighted by Crippen LogP contribution is -2.27. The van der Waals surface area contributed by atoms with Crippen LogP contribution in [0.5, 0.6) is 17.2 Å². The Balaban J connectivity index is 1.77. The zero-order chi connectivity index (χ0) is 25.3. The van der Waals surface area contributed by atoms with Gasteiger partial charge in [0, 0.05) is 35.8 Å². The van der Waals surface area contributed by atoms with Gasteiger partial charge in [-0.25, -0.2) is 13.1 Å². The van der Waals surface area contributed by atoms with Gasteiger partial charge >= 0.3 is 0 Å². The number of hydrogen-bond donors (Lipinski definition) is 2. The minimum atomic E-state index is -4.18. The molecule has 1 aromatic heterocycles. The van der Waals surface area contributed by atoms with Crippen molar-refractivity contribution in [2.75, 3.05) is 14.2 Å². The van der Waals surface area contributed by atoms with Crippen molar-refractivity contribution in [2.45, 2.75) is 18.4 Å². The van der Waals surface area contributed by atoms with Crippen molar-refractivity contribution < 1.29 is 23.4 Å². The monoisotopic (exact) mass is 513 g/mol. The summed E-state index contributed by atoms with van der Waals surface area (Å²) in [6.07, 6.45) is 1.56. The summed E-state index contributed by atoms with van der Waals surface area (Å²) in [4.78, 5) is -0.355. The first-order valence-electron chi connectivity index (χ1n) is 10.6. The fourth-order valence-electron chi connectivity index (χ4n) is 3.83. The van der Waals surface area contributed by atoms with Crippen molar-refractivity contribution in [2.24, 2.45) is 0 Å². The Labute approximate surface area is 208 Å². The quantitative estimate of drug-likeness (QED) is 0.370. The van der Waals surface area contributed by atoms with Crippen LogP contribution in [0, 0.1) is 6.92 Å². The van der Waals surface area contributed by atoms with Crippen molar-refractivity contribution in [1.29, 1.82) is 0 Å². The van der Waals surface area contributed by atoms with Crippen molar-refractivity contribution in [1.82, 2.24) is 14.1 Å². The number of phenols is 2. The number of aromatic nitrogens is 2. The Hall–Kier alpha value is -3.53. The Kier molecular flexibility index (Phi) is 6.75. The number of para-hydroxylation sites is 1. The molecule has 0 saturated heterocycles. The molecule has 2 N–H and O–H groups in total. The van der Waals surface area contributed by atoms with Gasteiger partial charge in [0.15, 0.2) is 0 Å². The number of rotatable bonds is 7. The van der Waals surface area contributed by atoms with Crippen molar-refractivity contribution in [3.8, 4) is 34.2 Å². The molecular formula is C25H24ClN3O5S. The molecule has 4 rings (SSSR count). The number of methoxy groups -OCH3 is 1. The molecule has 0 radical (unpaired) electrons. The van der Waals surface area contributed by atoms with Crippen LogP contribution in [0.2, 0.25) is 5.02 Å². The average molecular weight is 514 g/mol. The minimum absolute atomic E-state index is 0.0527. The molecule has 0 aliphatic rings. The molecule has 10 heteroatoms. The average Bonchev–Trinajstić information content (AvgIpc) is 3.28. The van der Waals surface area contributed by atoms with E-state index in [1.165, 1.54) is 20.2 Å². The summed E-state index contributed by atoms with van der Waals surface area (Å²) in [6, 6.07) is 16.4. The lowest BCUT2D eigenvalue weighted by atomic mass is 10.1. The van der Waals surface area contributed by atoms with Gasteiger partial charge < -0.3 is 14.9 Å². The summed E-state index contributed by atoms with van der Waals surface area (Å²) < 4.78 is 35.0. The maximum Gasteiger partial charge on any atom is 0.246 e. The Morgan fingerprint density at radius 2 is 1.80 bits per heavy atom. The fraction of sp³-hybridized carbons (Fsp3) is 0.160. The second-order valence-electron chi connectivity index (χ2n) is 7.97. The first-order chi connectivity index (χ1) is 16.6. The third kappa shape index (κ3) is 4.70. The largest absolute Gasteiger partial charge is 0.507 e. The van der Waals surface area contributed by atoms with Gasteiger partial charge in [-0.05, 0) is 48.9 Å². The van der Waals surface area contributed by atoms with Crippen LogP contribution >= 0.6 is 11.6 Å². The fourth-order valence-corrected chi connectivity index (χ4v) is 5.26. The normalized spacial score (nSPS) is 11.7. The molecule has 35 heavy (non-hydrogen) atoms. The van der Waals surface area contributed by atoms with Gasteiger partial charge in [0.1, 0.15) is 22.1 Å². The topological polar surface area (TPSA) is 105 Å². The molecule has 3 aromatic carbocycles. The van der Waals surface area contributed by atoms with Gasteiger partial charge in [-0.2, -0.15) is 9.40 Å². The van der Waals surface area contributed by atoms with E-state index < -0.39 is 15.8 Å². The molecule has 0 aliphatic carbocycles. The maximum absolute atomic E-state index is 13.5. The smallest absolute Gasteiger partial charge is 0.246 e. The summed E-state index contributed by atoms with van der Waals surface area (Å²) in [5, 5.41) is 25.9.